The number of primary amides is 1. The topological polar surface area (TPSA) is 218 Å². The molecule has 0 heterocycles. The monoisotopic (exact) mass is 1210 g/mol. The minimum absolute atomic E-state index is 0.0134. The van der Waals surface area contributed by atoms with Gasteiger partial charge in [0.05, 0.1) is 65.1 Å². The van der Waals surface area contributed by atoms with Crippen LogP contribution in [0.25, 0.3) is 0 Å². The molecule has 4 amide bonds. The van der Waals surface area contributed by atoms with Crippen molar-refractivity contribution in [3.8, 4) is 0 Å². The maximum atomic E-state index is 11.9. The minimum Gasteiger partial charge on any atom is -0.379 e. The first-order chi connectivity index (χ1) is 41.1. The molecule has 5 saturated carbocycles. The Bertz CT molecular complexity index is 1600. The number of carbonyl (C=O) groups excluding carboxylic acids is 5. The molecule has 0 aromatic rings. The van der Waals surface area contributed by atoms with Crippen LogP contribution in [0.3, 0.4) is 0 Å². The van der Waals surface area contributed by atoms with Gasteiger partial charge >= 0.3 is 0 Å². The molecule has 17 heteroatoms. The van der Waals surface area contributed by atoms with Gasteiger partial charge in [0.1, 0.15) is 19.6 Å². The summed E-state index contributed by atoms with van der Waals surface area (Å²) in [5.41, 5.74) is 6.52. The Morgan fingerprint density at radius 3 is 1.81 bits per heavy atom. The van der Waals surface area contributed by atoms with Crippen LogP contribution in [0.1, 0.15) is 231 Å². The van der Waals surface area contributed by atoms with Crippen LogP contribution < -0.4 is 27.0 Å². The van der Waals surface area contributed by atoms with Gasteiger partial charge in [-0.2, -0.15) is 0 Å². The van der Waals surface area contributed by atoms with Gasteiger partial charge in [-0.1, -0.05) is 127 Å². The number of ether oxygens (including phenoxy) is 6. The van der Waals surface area contributed by atoms with E-state index >= 15 is 0 Å². The van der Waals surface area contributed by atoms with Crippen LogP contribution in [0.5, 0.6) is 0 Å². The maximum Gasteiger partial charge on any atom is 0.246 e. The second-order valence-electron chi connectivity index (χ2n) is 24.0. The number of carbonyl (C=O) groups is 5. The first-order valence-electron chi connectivity index (χ1n) is 34.1. The molecule has 6 N–H and O–H groups in total. The van der Waals surface area contributed by atoms with Crippen molar-refractivity contribution in [2.45, 2.75) is 249 Å². The third-order valence-electron chi connectivity index (χ3n) is 17.8. The van der Waals surface area contributed by atoms with Gasteiger partial charge in [-0.15, -0.1) is 0 Å². The summed E-state index contributed by atoms with van der Waals surface area (Å²) in [4.78, 5) is 55.4. The van der Waals surface area contributed by atoms with Gasteiger partial charge in [0, 0.05) is 25.4 Å². The molecule has 8 unspecified atom stereocenters. The molecular formula is C68H134N6O11. The molecule has 0 bridgehead atoms. The third kappa shape index (κ3) is 38.2. The molecule has 5 aliphatic rings. The number of nitrogens with one attached hydrogen (secondary N) is 4. The third-order valence-corrected chi connectivity index (χ3v) is 17.8. The van der Waals surface area contributed by atoms with E-state index in [0.717, 1.165) is 68.6 Å². The SMILES string of the molecule is C=C1CCC2(C)C(CCC3C2CCC2(C)C(OCNC=O)CCC32)C1.CC.CC.CC(C)C(C)NC(=O)CCOCCOCCOCCOCCNC(=O)COC1CCCCCCC1.CCCN(CCC)CCCCCC=O.CCNC.NC=O. The van der Waals surface area contributed by atoms with Crippen LogP contribution in [0.2, 0.25) is 0 Å². The van der Waals surface area contributed by atoms with Crippen LogP contribution in [0.15, 0.2) is 12.2 Å². The van der Waals surface area contributed by atoms with Gasteiger partial charge in [-0.3, -0.25) is 19.2 Å². The van der Waals surface area contributed by atoms with Crippen LogP contribution in [0.4, 0.5) is 0 Å². The largest absolute Gasteiger partial charge is 0.379 e. The summed E-state index contributed by atoms with van der Waals surface area (Å²) >= 11 is 0. The normalized spacial score (nSPS) is 23.4. The maximum absolute atomic E-state index is 11.9. The lowest BCUT2D eigenvalue weighted by atomic mass is 9.45. The van der Waals surface area contributed by atoms with Crippen molar-refractivity contribution in [1.82, 2.24) is 26.2 Å². The first-order valence-corrected chi connectivity index (χ1v) is 34.1. The molecule has 8 atom stereocenters. The number of hydrogen-bond donors (Lipinski definition) is 5. The van der Waals surface area contributed by atoms with Crippen molar-refractivity contribution in [1.29, 1.82) is 0 Å². The van der Waals surface area contributed by atoms with E-state index in [-0.39, 0.29) is 37.0 Å². The van der Waals surface area contributed by atoms with E-state index in [1.165, 1.54) is 141 Å². The zero-order valence-electron chi connectivity index (χ0n) is 56.9. The lowest BCUT2D eigenvalue weighted by molar-refractivity contribution is -0.130. The van der Waals surface area contributed by atoms with Gasteiger partial charge in [0.15, 0.2) is 0 Å². The van der Waals surface area contributed by atoms with Gasteiger partial charge in [0.25, 0.3) is 0 Å². The van der Waals surface area contributed by atoms with Crippen molar-refractivity contribution in [2.75, 3.05) is 106 Å². The van der Waals surface area contributed by atoms with Crippen molar-refractivity contribution in [2.24, 2.45) is 46.2 Å². The molecule has 17 nitrogen and oxygen atoms in total. The fourth-order valence-electron chi connectivity index (χ4n) is 12.8. The molecule has 0 spiro atoms. The highest BCUT2D eigenvalue weighted by Gasteiger charge is 2.60. The number of nitrogens with zero attached hydrogens (tertiary/aromatic N) is 1. The zero-order chi connectivity index (χ0) is 64.0. The first kappa shape index (κ1) is 84.0. The Labute approximate surface area is 520 Å². The molecule has 0 aromatic heterocycles. The predicted octanol–water partition coefficient (Wildman–Crippen LogP) is 11.8. The quantitative estimate of drug-likeness (QED) is 0.0173. The number of amides is 4. The molecule has 5 aliphatic carbocycles. The summed E-state index contributed by atoms with van der Waals surface area (Å²) in [6.07, 6.45) is 29.9. The minimum atomic E-state index is -0.0861. The number of aldehydes is 1. The fourth-order valence-corrected chi connectivity index (χ4v) is 12.8. The summed E-state index contributed by atoms with van der Waals surface area (Å²) in [7, 11) is 1.93. The number of unbranched alkanes of at least 4 members (excludes halogenated alkanes) is 3. The molecule has 85 heavy (non-hydrogen) atoms. The second kappa shape index (κ2) is 56.2. The Morgan fingerprint density at radius 1 is 0.694 bits per heavy atom. The van der Waals surface area contributed by atoms with Gasteiger partial charge in [-0.25, -0.2) is 0 Å². The average molecular weight is 1210 g/mol. The Hall–Kier alpha value is -3.03. The Morgan fingerprint density at radius 2 is 1.26 bits per heavy atom. The van der Waals surface area contributed by atoms with Crippen LogP contribution in [-0.4, -0.2) is 160 Å². The molecule has 0 aliphatic heterocycles. The van der Waals surface area contributed by atoms with Crippen molar-refractivity contribution >= 4 is 30.9 Å². The summed E-state index contributed by atoms with van der Waals surface area (Å²) in [6.45, 7) is 39.4. The number of rotatable bonds is 35. The number of allylic oxidation sites excluding steroid dienone is 1. The molecule has 0 aromatic carbocycles. The van der Waals surface area contributed by atoms with E-state index in [1.807, 2.05) is 41.7 Å². The van der Waals surface area contributed by atoms with E-state index < -0.39 is 0 Å². The van der Waals surface area contributed by atoms with Crippen LogP contribution in [-0.2, 0) is 52.4 Å². The molecular weight excluding hydrogens is 1080 g/mol. The van der Waals surface area contributed by atoms with Crippen molar-refractivity contribution in [3.05, 3.63) is 12.2 Å². The molecule has 0 saturated heterocycles. The molecule has 502 valence electrons. The highest BCUT2D eigenvalue weighted by Crippen LogP contribution is 2.66. The van der Waals surface area contributed by atoms with Crippen LogP contribution in [0, 0.1) is 40.4 Å². The van der Waals surface area contributed by atoms with Crippen LogP contribution >= 0.6 is 0 Å². The highest BCUT2D eigenvalue weighted by molar-refractivity contribution is 5.77. The summed E-state index contributed by atoms with van der Waals surface area (Å²) in [5, 5.41) is 11.4. The Kier molecular flexibility index (Phi) is 55.6. The van der Waals surface area contributed by atoms with Gasteiger partial charge in [-0.05, 0) is 177 Å². The van der Waals surface area contributed by atoms with E-state index in [2.05, 4.69) is 86.9 Å². The molecule has 0 radical (unpaired) electrons. The van der Waals surface area contributed by atoms with E-state index in [4.69, 9.17) is 33.2 Å². The molecule has 5 rings (SSSR count). The van der Waals surface area contributed by atoms with E-state index in [9.17, 15) is 19.2 Å². The number of hydrogen-bond acceptors (Lipinski definition) is 13. The Balaban J connectivity index is 0. The van der Waals surface area contributed by atoms with E-state index in [1.54, 1.807) is 0 Å². The fraction of sp³-hybridized carbons (Fsp3) is 0.897. The lowest BCUT2D eigenvalue weighted by Crippen LogP contribution is -2.53. The summed E-state index contributed by atoms with van der Waals surface area (Å²) < 4.78 is 33.6. The van der Waals surface area contributed by atoms with Crippen molar-refractivity contribution < 1.29 is 52.4 Å². The second-order valence-corrected chi connectivity index (χ2v) is 24.0. The average Bonchev–Trinajstić information content (AvgIpc) is 2.86. The number of fused-ring (bicyclic) bond motifs is 5. The predicted molar refractivity (Wildman–Crippen MR) is 349 cm³/mol. The standard InChI is InChI=1S/C26H50N2O7.C22H35NO2.C12H25NO.C3H9N.2C2H6.CH3NO/c1-22(2)23(3)28-25(29)11-13-31-15-17-33-19-20-34-18-16-32-14-12-27-26(30)21-35-24-9-7-5-4-6-8-10-24;1-15-8-10-21(2)16(12-15)4-5-17-18-6-7-20(25-14-23-13-24)22(18,3)11-9-19(17)21;1-3-9-13(10-4-2)11-7-5-6-8-12-14;1-3-4-2;2*1-2;2-1-3/h22-24H,4-21H2,1-3H3,(H,27,30)(H,28,29);13,16-20H,1,4-12,14H2,2-3H3,(H,23,24);12H,3-11H2,1-2H3;4H,3H2,1-2H3;2*1-2H3;1H,(H2,2,3). The van der Waals surface area contributed by atoms with E-state index in [0.29, 0.717) is 95.4 Å². The zero-order valence-corrected chi connectivity index (χ0v) is 56.9. The molecule has 5 fully saturated rings. The summed E-state index contributed by atoms with van der Waals surface area (Å²) in [5.74, 6) is 3.83. The lowest BCUT2D eigenvalue weighted by Gasteiger charge is -2.60. The highest BCUT2D eigenvalue weighted by atomic mass is 16.6. The number of nitrogens with two attached hydrogens (primary N) is 1. The van der Waals surface area contributed by atoms with Gasteiger partial charge in [0.2, 0.25) is 24.6 Å². The summed E-state index contributed by atoms with van der Waals surface area (Å²) in [6, 6.07) is 0.169. The smallest absolute Gasteiger partial charge is 0.246 e. The van der Waals surface area contributed by atoms with Gasteiger partial charge < -0.3 is 65.1 Å². The van der Waals surface area contributed by atoms with Crippen molar-refractivity contribution in [3.63, 3.8) is 0 Å².